The van der Waals surface area contributed by atoms with Gasteiger partial charge >= 0.3 is 5.97 Å². The Morgan fingerprint density at radius 2 is 1.98 bits per heavy atom. The Morgan fingerprint density at radius 3 is 2.61 bits per heavy atom. The van der Waals surface area contributed by atoms with Crippen LogP contribution in [0.25, 0.3) is 0 Å². The Balaban J connectivity index is 1.32. The minimum absolute atomic E-state index is 0.0292. The molecule has 0 bridgehead atoms. The molecule has 1 aromatic rings. The van der Waals surface area contributed by atoms with Gasteiger partial charge in [0.15, 0.2) is 0 Å². The van der Waals surface area contributed by atoms with E-state index < -0.39 is 53.0 Å². The molecular formula is C29H32ClFN4O6. The molecule has 3 heterocycles. The van der Waals surface area contributed by atoms with Crippen molar-refractivity contribution in [1.82, 2.24) is 19.6 Å². The Kier molecular flexibility index (Phi) is 6.73. The predicted molar refractivity (Wildman–Crippen MR) is 143 cm³/mol. The third-order valence-corrected chi connectivity index (χ3v) is 9.33. The lowest BCUT2D eigenvalue weighted by Crippen LogP contribution is -2.61. The number of esters is 1. The van der Waals surface area contributed by atoms with Gasteiger partial charge in [0.2, 0.25) is 11.7 Å². The van der Waals surface area contributed by atoms with Gasteiger partial charge in [0.25, 0.3) is 11.8 Å². The summed E-state index contributed by atoms with van der Waals surface area (Å²) in [6.07, 6.45) is 1.79. The van der Waals surface area contributed by atoms with Gasteiger partial charge in [0, 0.05) is 19.0 Å². The molecule has 41 heavy (non-hydrogen) atoms. The van der Waals surface area contributed by atoms with Crippen LogP contribution in [-0.2, 0) is 35.3 Å². The van der Waals surface area contributed by atoms with Crippen LogP contribution in [0.15, 0.2) is 29.5 Å². The highest BCUT2D eigenvalue weighted by atomic mass is 35.5. The number of fused-ring (bicyclic) bond motifs is 5. The molecule has 4 fully saturated rings. The fraction of sp³-hybridized carbons (Fsp3) is 0.552. The summed E-state index contributed by atoms with van der Waals surface area (Å²) in [5.41, 5.74) is 0.107. The van der Waals surface area contributed by atoms with E-state index >= 15 is 0 Å². The summed E-state index contributed by atoms with van der Waals surface area (Å²) < 4.78 is 19.2. The van der Waals surface area contributed by atoms with Crippen molar-refractivity contribution in [3.05, 3.63) is 45.9 Å². The summed E-state index contributed by atoms with van der Waals surface area (Å²) >= 11 is 5.91. The van der Waals surface area contributed by atoms with E-state index in [0.717, 1.165) is 12.8 Å². The first-order chi connectivity index (χ1) is 19.4. The second-order valence-corrected chi connectivity index (χ2v) is 12.5. The number of hydrogen-bond donors (Lipinski definition) is 0. The van der Waals surface area contributed by atoms with E-state index in [0.29, 0.717) is 23.5 Å². The van der Waals surface area contributed by atoms with Crippen LogP contribution >= 0.6 is 11.6 Å². The smallest absolute Gasteiger partial charge is 0.320 e. The molecule has 2 saturated carbocycles. The highest BCUT2D eigenvalue weighted by Crippen LogP contribution is 2.64. The first-order valence-electron chi connectivity index (χ1n) is 13.9. The standard InChI is InChI=1S/C29H32ClFN4O6/c1-15(41-22(36)14-32(2)3)12-34-27(39)24-18-7-9-33(13-16-4-5-21(31)20(30)10-16)26(38)23(18)25(37)28(40)35(24)29(34)8-6-17-11-19(17)29/h4-5,10,15,17,19,23H,6-9,11-14H2,1-3H3/t15-,17-,19+,23?,29+/m0/s1. The van der Waals surface area contributed by atoms with Crippen molar-refractivity contribution < 1.29 is 33.1 Å². The Labute approximate surface area is 242 Å². The maximum Gasteiger partial charge on any atom is 0.320 e. The van der Waals surface area contributed by atoms with Crippen molar-refractivity contribution in [2.45, 2.75) is 50.9 Å². The van der Waals surface area contributed by atoms with Crippen LogP contribution in [0.4, 0.5) is 4.39 Å². The maximum absolute atomic E-state index is 14.2. The summed E-state index contributed by atoms with van der Waals surface area (Å²) in [6, 6.07) is 4.15. The molecule has 3 amide bonds. The first-order valence-corrected chi connectivity index (χ1v) is 14.3. The van der Waals surface area contributed by atoms with Crippen molar-refractivity contribution in [3.63, 3.8) is 0 Å². The molecule has 2 aliphatic carbocycles. The number of ether oxygens (including phenoxy) is 1. The van der Waals surface area contributed by atoms with E-state index in [1.165, 1.54) is 28.0 Å². The number of halogens is 2. The number of likely N-dealkylation sites (tertiary alicyclic amines) is 1. The molecule has 10 nitrogen and oxygen atoms in total. The summed E-state index contributed by atoms with van der Waals surface area (Å²) in [6.45, 7) is 2.19. The average molecular weight is 587 g/mol. The molecule has 12 heteroatoms. The van der Waals surface area contributed by atoms with Gasteiger partial charge in [0.05, 0.1) is 18.1 Å². The Morgan fingerprint density at radius 1 is 1.22 bits per heavy atom. The highest BCUT2D eigenvalue weighted by Gasteiger charge is 2.72. The van der Waals surface area contributed by atoms with E-state index in [1.807, 2.05) is 0 Å². The van der Waals surface area contributed by atoms with Gasteiger partial charge in [-0.15, -0.1) is 0 Å². The van der Waals surface area contributed by atoms with Gasteiger partial charge in [-0.05, 0) is 75.9 Å². The van der Waals surface area contributed by atoms with Crippen LogP contribution in [0, 0.1) is 23.6 Å². The van der Waals surface area contributed by atoms with Crippen molar-refractivity contribution in [3.8, 4) is 0 Å². The largest absolute Gasteiger partial charge is 0.460 e. The summed E-state index contributed by atoms with van der Waals surface area (Å²) in [5, 5.41) is -0.0761. The van der Waals surface area contributed by atoms with E-state index in [9.17, 15) is 28.4 Å². The van der Waals surface area contributed by atoms with Crippen molar-refractivity contribution in [2.75, 3.05) is 33.7 Å². The van der Waals surface area contributed by atoms with Crippen LogP contribution in [0.5, 0.6) is 0 Å². The van der Waals surface area contributed by atoms with Crippen molar-refractivity contribution in [2.24, 2.45) is 17.8 Å². The molecule has 6 rings (SSSR count). The van der Waals surface area contributed by atoms with Crippen LogP contribution in [0.2, 0.25) is 5.02 Å². The normalized spacial score (nSPS) is 29.4. The van der Waals surface area contributed by atoms with Crippen LogP contribution in [-0.4, -0.2) is 94.6 Å². The van der Waals surface area contributed by atoms with Crippen molar-refractivity contribution >= 4 is 41.1 Å². The van der Waals surface area contributed by atoms with Gasteiger partial charge in [0.1, 0.15) is 29.2 Å². The third kappa shape index (κ3) is 4.35. The van der Waals surface area contributed by atoms with E-state index in [-0.39, 0.29) is 49.2 Å². The zero-order valence-electron chi connectivity index (χ0n) is 23.2. The fourth-order valence-electron chi connectivity index (χ4n) is 7.27. The lowest BCUT2D eigenvalue weighted by atomic mass is 9.81. The molecule has 0 radical (unpaired) electrons. The molecular weight excluding hydrogens is 555 g/mol. The summed E-state index contributed by atoms with van der Waals surface area (Å²) in [7, 11) is 3.51. The van der Waals surface area contributed by atoms with Crippen LogP contribution in [0.3, 0.4) is 0 Å². The van der Waals surface area contributed by atoms with E-state index in [4.69, 9.17) is 16.3 Å². The van der Waals surface area contributed by atoms with Crippen LogP contribution in [0.1, 0.15) is 38.2 Å². The number of rotatable bonds is 7. The molecule has 218 valence electrons. The summed E-state index contributed by atoms with van der Waals surface area (Å²) in [4.78, 5) is 73.7. The number of hydrogen-bond acceptors (Lipinski definition) is 7. The van der Waals surface area contributed by atoms with E-state index in [2.05, 4.69) is 0 Å². The molecule has 0 aromatic heterocycles. The second kappa shape index (κ2) is 9.90. The summed E-state index contributed by atoms with van der Waals surface area (Å²) in [5.74, 6) is -4.62. The highest BCUT2D eigenvalue weighted by molar-refractivity contribution is 6.44. The number of Topliss-reactive ketones (excluding diaryl/α,β-unsaturated/α-hetero) is 1. The Hall–Kier alpha value is -3.31. The van der Waals surface area contributed by atoms with Gasteiger partial charge < -0.3 is 14.5 Å². The maximum atomic E-state index is 14.2. The monoisotopic (exact) mass is 586 g/mol. The zero-order chi connectivity index (χ0) is 29.4. The zero-order valence-corrected chi connectivity index (χ0v) is 23.9. The lowest BCUT2D eigenvalue weighted by Gasteiger charge is -2.45. The number of benzene rings is 1. The number of nitrogens with zero attached hydrogens (tertiary/aromatic N) is 4. The number of amides is 3. The molecule has 5 aliphatic rings. The van der Waals surface area contributed by atoms with Gasteiger partial charge in [-0.25, -0.2) is 4.39 Å². The second-order valence-electron chi connectivity index (χ2n) is 12.0. The molecule has 1 unspecified atom stereocenters. The molecule has 5 atom stereocenters. The van der Waals surface area contributed by atoms with E-state index in [1.54, 1.807) is 30.8 Å². The average Bonchev–Trinajstić information content (AvgIpc) is 3.54. The molecule has 1 spiro atoms. The predicted octanol–water partition coefficient (Wildman–Crippen LogP) is 1.95. The quantitative estimate of drug-likeness (QED) is 0.273. The Bertz CT molecular complexity index is 1410. The molecule has 1 aromatic carbocycles. The number of ketones is 1. The van der Waals surface area contributed by atoms with Crippen LogP contribution < -0.4 is 0 Å². The number of carbonyl (C=O) groups is 5. The topological polar surface area (TPSA) is 108 Å². The minimum atomic E-state index is -1.37. The first kappa shape index (κ1) is 27.8. The SMILES string of the molecule is C[C@@H](CN1C(=O)C2=C3CCN(Cc4ccc(F)c(Cl)c4)C(=O)C3C(=O)C(=O)N2[C@@]12CC[C@H]1C[C@H]12)OC(=O)CN(C)C. The molecule has 0 N–H and O–H groups in total. The third-order valence-electron chi connectivity index (χ3n) is 9.04. The number of likely N-dealkylation sites (N-methyl/N-ethyl adjacent to an activating group) is 1. The molecule has 2 saturated heterocycles. The van der Waals surface area contributed by atoms with Gasteiger partial charge in [-0.1, -0.05) is 17.7 Å². The number of carbonyl (C=O) groups excluding carboxylic acids is 5. The van der Waals surface area contributed by atoms with Crippen molar-refractivity contribution in [1.29, 1.82) is 0 Å². The number of piperidine rings is 1. The molecule has 3 aliphatic heterocycles. The van der Waals surface area contributed by atoms with Gasteiger partial charge in [-0.2, -0.15) is 0 Å². The van der Waals surface area contributed by atoms with Gasteiger partial charge in [-0.3, -0.25) is 33.8 Å². The minimum Gasteiger partial charge on any atom is -0.460 e. The lowest BCUT2D eigenvalue weighted by molar-refractivity contribution is -0.160. The fourth-order valence-corrected chi connectivity index (χ4v) is 7.48.